The van der Waals surface area contributed by atoms with Crippen LogP contribution in [0.1, 0.15) is 32.1 Å². The number of carboxylic acids is 1. The number of carboxylic acid groups (broad SMARTS) is 1. The second-order valence-corrected chi connectivity index (χ2v) is 6.24. The maximum atomic E-state index is 12.6. The highest BCUT2D eigenvalue weighted by molar-refractivity contribution is 5.91. The second-order valence-electron chi connectivity index (χ2n) is 6.24. The summed E-state index contributed by atoms with van der Waals surface area (Å²) in [6.07, 6.45) is 1.93. The lowest BCUT2D eigenvalue weighted by molar-refractivity contribution is -0.146. The summed E-state index contributed by atoms with van der Waals surface area (Å²) >= 11 is 0. The van der Waals surface area contributed by atoms with E-state index in [1.165, 1.54) is 0 Å². The highest BCUT2D eigenvalue weighted by Crippen LogP contribution is 2.29. The number of carbonyl (C=O) groups is 3. The summed E-state index contributed by atoms with van der Waals surface area (Å²) in [6.45, 7) is 1.50. The van der Waals surface area contributed by atoms with E-state index in [0.717, 1.165) is 19.3 Å². The van der Waals surface area contributed by atoms with Gasteiger partial charge in [-0.05, 0) is 12.8 Å². The Morgan fingerprint density at radius 1 is 1.12 bits per heavy atom. The van der Waals surface area contributed by atoms with Crippen LogP contribution in [0, 0.1) is 0 Å². The van der Waals surface area contributed by atoms with Crippen LogP contribution in [0.4, 0.5) is 4.79 Å². The van der Waals surface area contributed by atoms with Gasteiger partial charge in [0.25, 0.3) is 0 Å². The Morgan fingerprint density at radius 3 is 2.33 bits per heavy atom. The molecule has 2 aliphatic rings. The molecule has 24 heavy (non-hydrogen) atoms. The zero-order chi connectivity index (χ0) is 17.6. The summed E-state index contributed by atoms with van der Waals surface area (Å²) in [4.78, 5) is 37.3. The van der Waals surface area contributed by atoms with Crippen LogP contribution < -0.4 is 10.6 Å². The zero-order valence-corrected chi connectivity index (χ0v) is 13.6. The first-order valence-electron chi connectivity index (χ1n) is 8.29. The van der Waals surface area contributed by atoms with Crippen molar-refractivity contribution in [3.8, 4) is 0 Å². The van der Waals surface area contributed by atoms with Crippen LogP contribution in [-0.4, -0.2) is 77.5 Å². The van der Waals surface area contributed by atoms with E-state index in [2.05, 4.69) is 10.6 Å². The first kappa shape index (κ1) is 18.5. The number of amides is 3. The van der Waals surface area contributed by atoms with Gasteiger partial charge in [0.05, 0.1) is 19.8 Å². The highest BCUT2D eigenvalue weighted by Gasteiger charge is 2.42. The summed E-state index contributed by atoms with van der Waals surface area (Å²) < 4.78 is 5.22. The minimum absolute atomic E-state index is 0.311. The lowest BCUT2D eigenvalue weighted by atomic mass is 9.81. The molecule has 1 heterocycles. The van der Waals surface area contributed by atoms with Gasteiger partial charge in [0.1, 0.15) is 5.54 Å². The van der Waals surface area contributed by atoms with Crippen molar-refractivity contribution < 1.29 is 29.3 Å². The predicted molar refractivity (Wildman–Crippen MR) is 83.4 cm³/mol. The number of aliphatic carboxylic acids is 1. The normalized spacial score (nSPS) is 21.6. The molecule has 1 aliphatic carbocycles. The first-order chi connectivity index (χ1) is 11.4. The minimum Gasteiger partial charge on any atom is -0.479 e. The van der Waals surface area contributed by atoms with Gasteiger partial charge >= 0.3 is 12.0 Å². The fraction of sp³-hybridized carbons (Fsp3) is 0.800. The van der Waals surface area contributed by atoms with Gasteiger partial charge in [-0.3, -0.25) is 4.79 Å². The number of aliphatic hydroxyl groups excluding tert-OH is 1. The van der Waals surface area contributed by atoms with Crippen LogP contribution in [-0.2, 0) is 14.3 Å². The maximum absolute atomic E-state index is 12.6. The van der Waals surface area contributed by atoms with Crippen molar-refractivity contribution in [2.24, 2.45) is 0 Å². The Hall–Kier alpha value is -1.87. The molecule has 1 aliphatic heterocycles. The standard InChI is InChI=1S/C15H25N3O6/c19-11(12(20)21)10-16-13(22)15(4-2-1-3-5-15)17-14(23)18-6-8-24-9-7-18/h11,19H,1-10H2,(H,16,22)(H,17,23)(H,20,21). The monoisotopic (exact) mass is 343 g/mol. The van der Waals surface area contributed by atoms with Crippen molar-refractivity contribution in [1.82, 2.24) is 15.5 Å². The maximum Gasteiger partial charge on any atom is 0.334 e. The van der Waals surface area contributed by atoms with Gasteiger partial charge < -0.3 is 30.5 Å². The molecule has 1 saturated heterocycles. The average molecular weight is 343 g/mol. The number of aliphatic hydroxyl groups is 1. The molecule has 0 spiro atoms. The van der Waals surface area contributed by atoms with Crippen molar-refractivity contribution in [2.45, 2.75) is 43.7 Å². The third-order valence-electron chi connectivity index (χ3n) is 4.53. The summed E-state index contributed by atoms with van der Waals surface area (Å²) in [5, 5.41) is 23.3. The molecule has 0 radical (unpaired) electrons. The number of rotatable bonds is 5. The fourth-order valence-electron chi connectivity index (χ4n) is 3.06. The molecule has 0 aromatic carbocycles. The molecule has 4 N–H and O–H groups in total. The van der Waals surface area contributed by atoms with Gasteiger partial charge in [0.2, 0.25) is 5.91 Å². The molecule has 1 atom stereocenters. The Bertz CT molecular complexity index is 472. The van der Waals surface area contributed by atoms with Gasteiger partial charge in [0.15, 0.2) is 6.10 Å². The van der Waals surface area contributed by atoms with Crippen molar-refractivity contribution in [3.05, 3.63) is 0 Å². The smallest absolute Gasteiger partial charge is 0.334 e. The van der Waals surface area contributed by atoms with E-state index in [1.54, 1.807) is 4.90 Å². The molecule has 0 bridgehead atoms. The van der Waals surface area contributed by atoms with Crippen LogP contribution in [0.15, 0.2) is 0 Å². The Labute approximate surface area is 140 Å². The van der Waals surface area contributed by atoms with Crippen LogP contribution in [0.2, 0.25) is 0 Å². The van der Waals surface area contributed by atoms with E-state index >= 15 is 0 Å². The minimum atomic E-state index is -1.66. The van der Waals surface area contributed by atoms with E-state index in [9.17, 15) is 19.5 Å². The first-order valence-corrected chi connectivity index (χ1v) is 8.29. The summed E-state index contributed by atoms with van der Waals surface area (Å²) in [5.41, 5.74) is -1.05. The molecule has 9 nitrogen and oxygen atoms in total. The Morgan fingerprint density at radius 2 is 1.75 bits per heavy atom. The number of hydrogen-bond donors (Lipinski definition) is 4. The van der Waals surface area contributed by atoms with Gasteiger partial charge in [-0.1, -0.05) is 19.3 Å². The molecule has 0 aromatic heterocycles. The topological polar surface area (TPSA) is 128 Å². The molecule has 1 saturated carbocycles. The number of urea groups is 1. The molecular weight excluding hydrogens is 318 g/mol. The fourth-order valence-corrected chi connectivity index (χ4v) is 3.06. The number of nitrogens with zero attached hydrogens (tertiary/aromatic N) is 1. The molecule has 2 rings (SSSR count). The number of nitrogens with one attached hydrogen (secondary N) is 2. The van der Waals surface area contributed by atoms with Crippen LogP contribution in [0.3, 0.4) is 0 Å². The molecule has 9 heteroatoms. The lowest BCUT2D eigenvalue weighted by Gasteiger charge is -2.39. The number of carbonyl (C=O) groups excluding carboxylic acids is 2. The molecule has 0 aromatic rings. The van der Waals surface area contributed by atoms with Crippen LogP contribution in [0.5, 0.6) is 0 Å². The molecule has 1 unspecified atom stereocenters. The van der Waals surface area contributed by atoms with E-state index in [0.29, 0.717) is 39.1 Å². The van der Waals surface area contributed by atoms with E-state index < -0.39 is 23.5 Å². The van der Waals surface area contributed by atoms with Gasteiger partial charge in [0, 0.05) is 13.1 Å². The largest absolute Gasteiger partial charge is 0.479 e. The zero-order valence-electron chi connectivity index (χ0n) is 13.6. The average Bonchev–Trinajstić information content (AvgIpc) is 2.60. The SMILES string of the molecule is O=C(O)C(O)CNC(=O)C1(NC(=O)N2CCOCC2)CCCCC1. The highest BCUT2D eigenvalue weighted by atomic mass is 16.5. The van der Waals surface area contributed by atoms with Crippen molar-refractivity contribution >= 4 is 17.9 Å². The van der Waals surface area contributed by atoms with E-state index in [-0.39, 0.29) is 12.6 Å². The summed E-state index contributed by atoms with van der Waals surface area (Å²) in [7, 11) is 0. The van der Waals surface area contributed by atoms with E-state index in [4.69, 9.17) is 9.84 Å². The summed E-state index contributed by atoms with van der Waals surface area (Å²) in [6, 6.07) is -0.311. The molecular formula is C15H25N3O6. The predicted octanol–water partition coefficient (Wildman–Crippen LogP) is -0.707. The van der Waals surface area contributed by atoms with Crippen molar-refractivity contribution in [2.75, 3.05) is 32.8 Å². The van der Waals surface area contributed by atoms with Gasteiger partial charge in [-0.25, -0.2) is 9.59 Å². The Kier molecular flexibility index (Phi) is 6.38. The summed E-state index contributed by atoms with van der Waals surface area (Å²) in [5.74, 6) is -1.84. The van der Waals surface area contributed by atoms with Gasteiger partial charge in [-0.2, -0.15) is 0 Å². The van der Waals surface area contributed by atoms with Crippen LogP contribution in [0.25, 0.3) is 0 Å². The second kappa shape index (κ2) is 8.29. The number of morpholine rings is 1. The molecule has 136 valence electrons. The lowest BCUT2D eigenvalue weighted by Crippen LogP contribution is -2.63. The van der Waals surface area contributed by atoms with Crippen molar-refractivity contribution in [1.29, 1.82) is 0 Å². The number of hydrogen-bond acceptors (Lipinski definition) is 5. The molecule has 3 amide bonds. The van der Waals surface area contributed by atoms with Gasteiger partial charge in [-0.15, -0.1) is 0 Å². The Balaban J connectivity index is 2.00. The molecule has 2 fully saturated rings. The third-order valence-corrected chi connectivity index (χ3v) is 4.53. The number of ether oxygens (including phenoxy) is 1. The van der Waals surface area contributed by atoms with E-state index in [1.807, 2.05) is 0 Å². The van der Waals surface area contributed by atoms with Crippen LogP contribution >= 0.6 is 0 Å². The quantitative estimate of drug-likeness (QED) is 0.522. The van der Waals surface area contributed by atoms with Crippen molar-refractivity contribution in [3.63, 3.8) is 0 Å². The third kappa shape index (κ3) is 4.57.